The van der Waals surface area contributed by atoms with Crippen LogP contribution in [0.5, 0.6) is 0 Å². The molecule has 0 aliphatic heterocycles. The summed E-state index contributed by atoms with van der Waals surface area (Å²) in [5.74, 6) is 0.0635. The molecule has 1 aromatic heterocycles. The van der Waals surface area contributed by atoms with Gasteiger partial charge in [0.15, 0.2) is 0 Å². The third-order valence-corrected chi connectivity index (χ3v) is 1.71. The van der Waals surface area contributed by atoms with Crippen LogP contribution in [0.1, 0.15) is 6.42 Å². The fourth-order valence-corrected chi connectivity index (χ4v) is 1.02. The maximum atomic E-state index is 11.1. The molecule has 3 nitrogen and oxygen atoms in total. The molecule has 0 unspecified atom stereocenters. The lowest BCUT2D eigenvalue weighted by Crippen LogP contribution is -2.24. The zero-order valence-corrected chi connectivity index (χ0v) is 7.57. The zero-order chi connectivity index (χ0) is 9.52. The number of aryl methyl sites for hydroxylation is 1. The highest BCUT2D eigenvalue weighted by Gasteiger charge is 1.98. The van der Waals surface area contributed by atoms with Crippen LogP contribution >= 0.6 is 0 Å². The Balaban J connectivity index is 2.19. The molecule has 0 fully saturated rings. The lowest BCUT2D eigenvalue weighted by atomic mass is 10.4. The van der Waals surface area contributed by atoms with Crippen LogP contribution < -0.4 is 5.32 Å². The number of rotatable bonds is 5. The van der Waals surface area contributed by atoms with E-state index in [0.29, 0.717) is 13.0 Å². The molecule has 0 saturated carbocycles. The highest BCUT2D eigenvalue weighted by atomic mass is 16.1. The van der Waals surface area contributed by atoms with E-state index in [4.69, 9.17) is 0 Å². The van der Waals surface area contributed by atoms with Crippen LogP contribution in [0.15, 0.2) is 37.2 Å². The normalized spacial score (nSPS) is 9.54. The Morgan fingerprint density at radius 3 is 2.77 bits per heavy atom. The van der Waals surface area contributed by atoms with Crippen LogP contribution in [0.4, 0.5) is 0 Å². The first kappa shape index (κ1) is 9.58. The second kappa shape index (κ2) is 5.19. The van der Waals surface area contributed by atoms with Crippen LogP contribution in [-0.2, 0) is 11.3 Å². The van der Waals surface area contributed by atoms with E-state index >= 15 is 0 Å². The number of hydrogen-bond acceptors (Lipinski definition) is 1. The van der Waals surface area contributed by atoms with E-state index in [9.17, 15) is 4.79 Å². The van der Waals surface area contributed by atoms with Gasteiger partial charge in [0.05, 0.1) is 0 Å². The molecule has 0 radical (unpaired) electrons. The van der Waals surface area contributed by atoms with Crippen molar-refractivity contribution in [1.29, 1.82) is 0 Å². The van der Waals surface area contributed by atoms with Gasteiger partial charge >= 0.3 is 0 Å². The maximum Gasteiger partial charge on any atom is 0.222 e. The minimum absolute atomic E-state index is 0.0635. The molecule has 0 saturated heterocycles. The molecular weight excluding hydrogens is 164 g/mol. The lowest BCUT2D eigenvalue weighted by molar-refractivity contribution is -0.121. The van der Waals surface area contributed by atoms with Crippen molar-refractivity contribution in [2.75, 3.05) is 6.54 Å². The monoisotopic (exact) mass is 178 g/mol. The van der Waals surface area contributed by atoms with Gasteiger partial charge < -0.3 is 9.88 Å². The molecule has 1 heterocycles. The molecule has 0 spiro atoms. The molecule has 1 rings (SSSR count). The first-order valence-electron chi connectivity index (χ1n) is 4.31. The Morgan fingerprint density at radius 1 is 1.46 bits per heavy atom. The lowest BCUT2D eigenvalue weighted by Gasteiger charge is -2.02. The van der Waals surface area contributed by atoms with E-state index < -0.39 is 0 Å². The molecule has 1 aromatic rings. The first-order chi connectivity index (χ1) is 6.33. The quantitative estimate of drug-likeness (QED) is 0.675. The fraction of sp³-hybridized carbons (Fsp3) is 0.300. The zero-order valence-electron chi connectivity index (χ0n) is 7.57. The second-order valence-electron chi connectivity index (χ2n) is 2.76. The van der Waals surface area contributed by atoms with Gasteiger partial charge in [0.2, 0.25) is 5.91 Å². The van der Waals surface area contributed by atoms with Crippen LogP contribution in [-0.4, -0.2) is 17.0 Å². The largest absolute Gasteiger partial charge is 0.354 e. The van der Waals surface area contributed by atoms with Gasteiger partial charge in [-0.25, -0.2) is 0 Å². The number of carbonyl (C=O) groups is 1. The fourth-order valence-electron chi connectivity index (χ4n) is 1.02. The van der Waals surface area contributed by atoms with Crippen molar-refractivity contribution in [3.05, 3.63) is 37.2 Å². The van der Waals surface area contributed by atoms with Crippen molar-refractivity contribution < 1.29 is 4.79 Å². The van der Waals surface area contributed by atoms with Crippen LogP contribution in [0.3, 0.4) is 0 Å². The summed E-state index contributed by atoms with van der Waals surface area (Å²) in [6.07, 6.45) is 6.08. The van der Waals surface area contributed by atoms with Crippen molar-refractivity contribution >= 4 is 5.91 Å². The summed E-state index contributed by atoms with van der Waals surface area (Å²) in [7, 11) is 0. The first-order valence-corrected chi connectivity index (χ1v) is 4.31. The van der Waals surface area contributed by atoms with Gasteiger partial charge in [-0.15, -0.1) is 6.58 Å². The van der Waals surface area contributed by atoms with Gasteiger partial charge in [-0.3, -0.25) is 4.79 Å². The Morgan fingerprint density at radius 2 is 2.15 bits per heavy atom. The smallest absolute Gasteiger partial charge is 0.222 e. The van der Waals surface area contributed by atoms with Crippen LogP contribution in [0.2, 0.25) is 0 Å². The number of nitrogens with zero attached hydrogens (tertiary/aromatic N) is 1. The second-order valence-corrected chi connectivity index (χ2v) is 2.76. The number of aromatic nitrogens is 1. The van der Waals surface area contributed by atoms with E-state index in [1.54, 1.807) is 6.08 Å². The molecule has 0 aromatic carbocycles. The standard InChI is InChI=1S/C10H14N2O/c1-2-6-11-10(13)5-9-12-7-3-4-8-12/h2-4,7-8H,1,5-6,9H2,(H,11,13). The summed E-state index contributed by atoms with van der Waals surface area (Å²) in [5, 5.41) is 2.72. The average Bonchev–Trinajstić information content (AvgIpc) is 2.64. The third-order valence-electron chi connectivity index (χ3n) is 1.71. The highest BCUT2D eigenvalue weighted by molar-refractivity contribution is 5.75. The number of hydrogen-bond donors (Lipinski definition) is 1. The highest BCUT2D eigenvalue weighted by Crippen LogP contribution is 1.92. The molecule has 1 amide bonds. The summed E-state index contributed by atoms with van der Waals surface area (Å²) < 4.78 is 1.98. The molecule has 0 bridgehead atoms. The van der Waals surface area contributed by atoms with Gasteiger partial charge in [-0.1, -0.05) is 6.08 Å². The van der Waals surface area contributed by atoms with Crippen molar-refractivity contribution in [3.8, 4) is 0 Å². The van der Waals surface area contributed by atoms with Gasteiger partial charge in [0.1, 0.15) is 0 Å². The molecule has 0 atom stereocenters. The summed E-state index contributed by atoms with van der Waals surface area (Å²) in [6, 6.07) is 3.89. The van der Waals surface area contributed by atoms with E-state index in [-0.39, 0.29) is 5.91 Å². The number of nitrogens with one attached hydrogen (secondary N) is 1. The Kier molecular flexibility index (Phi) is 3.82. The minimum Gasteiger partial charge on any atom is -0.354 e. The van der Waals surface area contributed by atoms with Crippen molar-refractivity contribution in [2.45, 2.75) is 13.0 Å². The van der Waals surface area contributed by atoms with Crippen LogP contribution in [0.25, 0.3) is 0 Å². The topological polar surface area (TPSA) is 34.0 Å². The van der Waals surface area contributed by atoms with Gasteiger partial charge in [-0.2, -0.15) is 0 Å². The van der Waals surface area contributed by atoms with E-state index in [2.05, 4.69) is 11.9 Å². The molecule has 1 N–H and O–H groups in total. The van der Waals surface area contributed by atoms with E-state index in [1.165, 1.54) is 0 Å². The predicted molar refractivity (Wildman–Crippen MR) is 52.3 cm³/mol. The summed E-state index contributed by atoms with van der Waals surface area (Å²) >= 11 is 0. The molecule has 0 aliphatic rings. The summed E-state index contributed by atoms with van der Waals surface area (Å²) in [5.41, 5.74) is 0. The van der Waals surface area contributed by atoms with Crippen molar-refractivity contribution in [2.24, 2.45) is 0 Å². The van der Waals surface area contributed by atoms with E-state index in [1.807, 2.05) is 29.1 Å². The van der Waals surface area contributed by atoms with Crippen LogP contribution in [0, 0.1) is 0 Å². The van der Waals surface area contributed by atoms with Crippen molar-refractivity contribution in [3.63, 3.8) is 0 Å². The molecule has 13 heavy (non-hydrogen) atoms. The van der Waals surface area contributed by atoms with Gasteiger partial charge in [0.25, 0.3) is 0 Å². The Labute approximate surface area is 78.1 Å². The maximum absolute atomic E-state index is 11.1. The Hall–Kier alpha value is -1.51. The Bertz CT molecular complexity index is 264. The van der Waals surface area contributed by atoms with Gasteiger partial charge in [0, 0.05) is 31.9 Å². The molecular formula is C10H14N2O. The molecule has 0 aliphatic carbocycles. The SMILES string of the molecule is C=CCNC(=O)CCn1cccc1. The molecule has 70 valence electrons. The number of carbonyl (C=O) groups excluding carboxylic acids is 1. The predicted octanol–water partition coefficient (Wildman–Crippen LogP) is 1.18. The number of amides is 1. The third kappa shape index (κ3) is 3.60. The minimum atomic E-state index is 0.0635. The van der Waals surface area contributed by atoms with Crippen molar-refractivity contribution in [1.82, 2.24) is 9.88 Å². The average molecular weight is 178 g/mol. The van der Waals surface area contributed by atoms with E-state index in [0.717, 1.165) is 6.54 Å². The molecule has 3 heteroatoms. The summed E-state index contributed by atoms with van der Waals surface area (Å²) in [6.45, 7) is 4.80. The summed E-state index contributed by atoms with van der Waals surface area (Å²) in [4.78, 5) is 11.1. The van der Waals surface area contributed by atoms with Gasteiger partial charge in [-0.05, 0) is 12.1 Å².